The summed E-state index contributed by atoms with van der Waals surface area (Å²) in [7, 11) is 0. The molecule has 0 atom stereocenters. The topological polar surface area (TPSA) is 70.2 Å². The number of nitrogens with one attached hydrogen (secondary N) is 3. The zero-order chi connectivity index (χ0) is 13.7. The van der Waals surface area contributed by atoms with Crippen LogP contribution < -0.4 is 16.0 Å². The number of hydrogen-bond acceptors (Lipinski definition) is 3. The Morgan fingerprint density at radius 3 is 2.40 bits per heavy atom. The standard InChI is InChI=1S/C14H19N3O2.ClH/c1-10(18)17-13-4-2-11(3-5-13)6-7-16-14(19)12-8-15-9-12;/h2-5,12,15H,6-9H2,1H3,(H,16,19)(H,17,18);1H. The lowest BCUT2D eigenvalue weighted by molar-refractivity contribution is -0.126. The van der Waals surface area contributed by atoms with Gasteiger partial charge in [0.15, 0.2) is 0 Å². The minimum Gasteiger partial charge on any atom is -0.355 e. The van der Waals surface area contributed by atoms with Crippen LogP contribution in [0, 0.1) is 5.92 Å². The van der Waals surface area contributed by atoms with E-state index in [4.69, 9.17) is 0 Å². The first-order chi connectivity index (χ1) is 9.15. The molecule has 0 aliphatic carbocycles. The fourth-order valence-corrected chi connectivity index (χ4v) is 1.91. The second kappa shape index (κ2) is 7.87. The molecule has 0 radical (unpaired) electrons. The number of hydrogen-bond donors (Lipinski definition) is 3. The van der Waals surface area contributed by atoms with Gasteiger partial charge in [-0.1, -0.05) is 12.1 Å². The Balaban J connectivity index is 0.00000200. The van der Waals surface area contributed by atoms with E-state index >= 15 is 0 Å². The third-order valence-electron chi connectivity index (χ3n) is 3.14. The molecule has 2 amide bonds. The van der Waals surface area contributed by atoms with Gasteiger partial charge >= 0.3 is 0 Å². The van der Waals surface area contributed by atoms with Crippen LogP contribution in [-0.2, 0) is 16.0 Å². The number of benzene rings is 1. The molecule has 2 rings (SSSR count). The zero-order valence-electron chi connectivity index (χ0n) is 11.4. The van der Waals surface area contributed by atoms with Crippen molar-refractivity contribution in [2.45, 2.75) is 13.3 Å². The van der Waals surface area contributed by atoms with Gasteiger partial charge in [0.1, 0.15) is 0 Å². The SMILES string of the molecule is CC(=O)Nc1ccc(CCNC(=O)C2CNC2)cc1.Cl. The Hall–Kier alpha value is -1.59. The highest BCUT2D eigenvalue weighted by atomic mass is 35.5. The molecule has 0 unspecified atom stereocenters. The van der Waals surface area contributed by atoms with E-state index in [1.54, 1.807) is 0 Å². The number of halogens is 1. The molecule has 1 saturated heterocycles. The highest BCUT2D eigenvalue weighted by Crippen LogP contribution is 2.10. The molecule has 0 bridgehead atoms. The van der Waals surface area contributed by atoms with Crippen LogP contribution in [0.3, 0.4) is 0 Å². The van der Waals surface area contributed by atoms with Gasteiger partial charge in [0.05, 0.1) is 5.92 Å². The van der Waals surface area contributed by atoms with Crippen LogP contribution in [0.4, 0.5) is 5.69 Å². The van der Waals surface area contributed by atoms with Gasteiger partial charge in [0, 0.05) is 32.2 Å². The largest absolute Gasteiger partial charge is 0.355 e. The minimum atomic E-state index is -0.0749. The Kier molecular flexibility index (Phi) is 6.48. The predicted octanol–water partition coefficient (Wildman–Crippen LogP) is 0.945. The van der Waals surface area contributed by atoms with Crippen molar-refractivity contribution in [1.82, 2.24) is 10.6 Å². The first kappa shape index (κ1) is 16.5. The van der Waals surface area contributed by atoms with Crippen molar-refractivity contribution in [1.29, 1.82) is 0 Å². The highest BCUT2D eigenvalue weighted by molar-refractivity contribution is 5.88. The second-order valence-corrected chi connectivity index (χ2v) is 4.77. The number of rotatable bonds is 5. The maximum atomic E-state index is 11.6. The van der Waals surface area contributed by atoms with Gasteiger partial charge in [-0.3, -0.25) is 9.59 Å². The van der Waals surface area contributed by atoms with E-state index in [1.165, 1.54) is 6.92 Å². The average molecular weight is 298 g/mol. The number of amides is 2. The van der Waals surface area contributed by atoms with Crippen LogP contribution in [0.2, 0.25) is 0 Å². The summed E-state index contributed by atoms with van der Waals surface area (Å²) in [5, 5.41) is 8.73. The summed E-state index contributed by atoms with van der Waals surface area (Å²) < 4.78 is 0. The van der Waals surface area contributed by atoms with Gasteiger partial charge in [-0.05, 0) is 24.1 Å². The summed E-state index contributed by atoms with van der Waals surface area (Å²) in [6, 6.07) is 7.66. The molecular formula is C14H20ClN3O2. The van der Waals surface area contributed by atoms with Crippen molar-refractivity contribution in [3.8, 4) is 0 Å². The maximum absolute atomic E-state index is 11.6. The van der Waals surface area contributed by atoms with Gasteiger partial charge in [-0.15, -0.1) is 12.4 Å². The summed E-state index contributed by atoms with van der Waals surface area (Å²) in [5.41, 5.74) is 1.93. The Bertz CT molecular complexity index is 458. The molecule has 3 N–H and O–H groups in total. The molecule has 1 heterocycles. The first-order valence-corrected chi connectivity index (χ1v) is 6.50. The highest BCUT2D eigenvalue weighted by Gasteiger charge is 2.23. The van der Waals surface area contributed by atoms with Gasteiger partial charge in [-0.2, -0.15) is 0 Å². The molecule has 110 valence electrons. The quantitative estimate of drug-likeness (QED) is 0.758. The summed E-state index contributed by atoms with van der Waals surface area (Å²) in [5.74, 6) is 0.199. The van der Waals surface area contributed by atoms with E-state index in [-0.39, 0.29) is 30.1 Å². The van der Waals surface area contributed by atoms with E-state index in [0.717, 1.165) is 30.8 Å². The lowest BCUT2D eigenvalue weighted by Crippen LogP contribution is -2.51. The zero-order valence-corrected chi connectivity index (χ0v) is 12.3. The van der Waals surface area contributed by atoms with Gasteiger partial charge in [0.25, 0.3) is 0 Å². The Labute approximate surface area is 124 Å². The van der Waals surface area contributed by atoms with Crippen molar-refractivity contribution < 1.29 is 9.59 Å². The summed E-state index contributed by atoms with van der Waals surface area (Å²) >= 11 is 0. The van der Waals surface area contributed by atoms with Crippen molar-refractivity contribution in [3.05, 3.63) is 29.8 Å². The van der Waals surface area contributed by atoms with Crippen LogP contribution in [0.1, 0.15) is 12.5 Å². The second-order valence-electron chi connectivity index (χ2n) is 4.77. The minimum absolute atomic E-state index is 0. The summed E-state index contributed by atoms with van der Waals surface area (Å²) in [4.78, 5) is 22.5. The van der Waals surface area contributed by atoms with E-state index in [9.17, 15) is 9.59 Å². The molecule has 1 fully saturated rings. The number of anilines is 1. The molecule has 0 spiro atoms. The molecule has 1 aromatic carbocycles. The molecule has 0 aromatic heterocycles. The molecule has 1 aliphatic rings. The number of carbonyl (C=O) groups is 2. The number of carbonyl (C=O) groups excluding carboxylic acids is 2. The van der Waals surface area contributed by atoms with Gasteiger partial charge in [0.2, 0.25) is 11.8 Å². The van der Waals surface area contributed by atoms with Crippen LogP contribution in [0.25, 0.3) is 0 Å². The predicted molar refractivity (Wildman–Crippen MR) is 81.1 cm³/mol. The van der Waals surface area contributed by atoms with Crippen LogP contribution in [-0.4, -0.2) is 31.4 Å². The van der Waals surface area contributed by atoms with E-state index in [0.29, 0.717) is 6.54 Å². The van der Waals surface area contributed by atoms with Crippen LogP contribution in [0.5, 0.6) is 0 Å². The Morgan fingerprint density at radius 2 is 1.90 bits per heavy atom. The van der Waals surface area contributed by atoms with Crippen molar-refractivity contribution >= 4 is 29.9 Å². The molecule has 20 heavy (non-hydrogen) atoms. The van der Waals surface area contributed by atoms with Crippen molar-refractivity contribution in [2.75, 3.05) is 25.0 Å². The fraction of sp³-hybridized carbons (Fsp3) is 0.429. The summed E-state index contributed by atoms with van der Waals surface area (Å²) in [6.45, 7) is 3.71. The molecule has 6 heteroatoms. The van der Waals surface area contributed by atoms with Crippen molar-refractivity contribution in [2.24, 2.45) is 5.92 Å². The van der Waals surface area contributed by atoms with E-state index in [1.807, 2.05) is 24.3 Å². The molecule has 0 saturated carbocycles. The van der Waals surface area contributed by atoms with Gasteiger partial charge < -0.3 is 16.0 Å². The lowest BCUT2D eigenvalue weighted by atomic mass is 10.0. The molecule has 1 aromatic rings. The van der Waals surface area contributed by atoms with Gasteiger partial charge in [-0.25, -0.2) is 0 Å². The smallest absolute Gasteiger partial charge is 0.225 e. The van der Waals surface area contributed by atoms with Crippen LogP contribution in [0.15, 0.2) is 24.3 Å². The third-order valence-corrected chi connectivity index (χ3v) is 3.14. The van der Waals surface area contributed by atoms with Crippen molar-refractivity contribution in [3.63, 3.8) is 0 Å². The monoisotopic (exact) mass is 297 g/mol. The molecule has 5 nitrogen and oxygen atoms in total. The third kappa shape index (κ3) is 4.83. The molecular weight excluding hydrogens is 278 g/mol. The Morgan fingerprint density at radius 1 is 1.25 bits per heavy atom. The average Bonchev–Trinajstić information content (AvgIpc) is 2.28. The first-order valence-electron chi connectivity index (χ1n) is 6.50. The van der Waals surface area contributed by atoms with E-state index < -0.39 is 0 Å². The maximum Gasteiger partial charge on any atom is 0.225 e. The lowest BCUT2D eigenvalue weighted by Gasteiger charge is -2.25. The molecule has 1 aliphatic heterocycles. The normalized spacial score (nSPS) is 13.8. The van der Waals surface area contributed by atoms with Crippen LogP contribution >= 0.6 is 12.4 Å². The van der Waals surface area contributed by atoms with E-state index in [2.05, 4.69) is 16.0 Å². The summed E-state index contributed by atoms with van der Waals surface area (Å²) in [6.07, 6.45) is 0.798. The fourth-order valence-electron chi connectivity index (χ4n) is 1.91.